The molecule has 0 saturated carbocycles. The van der Waals surface area contributed by atoms with Crippen molar-refractivity contribution in [2.75, 3.05) is 25.0 Å². The second-order valence-electron chi connectivity index (χ2n) is 10.3. The topological polar surface area (TPSA) is 141 Å². The number of hydroxylamine groups is 1. The number of aliphatic hydroxyl groups is 2. The molecule has 2 aliphatic heterocycles. The number of aliphatic hydroxyl groups excluding tert-OH is 2. The van der Waals surface area contributed by atoms with Gasteiger partial charge in [-0.3, -0.25) is 19.7 Å². The first kappa shape index (κ1) is 29.1. The van der Waals surface area contributed by atoms with Crippen LogP contribution in [0, 0.1) is 0 Å². The van der Waals surface area contributed by atoms with Gasteiger partial charge in [-0.1, -0.05) is 42.8 Å². The Morgan fingerprint density at radius 2 is 1.62 bits per heavy atom. The summed E-state index contributed by atoms with van der Waals surface area (Å²) in [6.07, 6.45) is 2.88. The fourth-order valence-corrected chi connectivity index (χ4v) is 5.05. The highest BCUT2D eigenvalue weighted by Crippen LogP contribution is 2.38. The summed E-state index contributed by atoms with van der Waals surface area (Å²) >= 11 is 0. The van der Waals surface area contributed by atoms with Crippen LogP contribution in [0.15, 0.2) is 48.5 Å². The van der Waals surface area contributed by atoms with Gasteiger partial charge in [0.15, 0.2) is 6.29 Å². The third-order valence-electron chi connectivity index (χ3n) is 7.22. The zero-order valence-corrected chi connectivity index (χ0v) is 22.1. The minimum Gasteiger partial charge on any atom is -0.392 e. The monoisotopic (exact) mass is 541 g/mol. The minimum atomic E-state index is -0.584. The van der Waals surface area contributed by atoms with Crippen LogP contribution in [0.4, 0.5) is 5.69 Å². The highest BCUT2D eigenvalue weighted by atomic mass is 16.7. The molecule has 10 nitrogen and oxygen atoms in total. The van der Waals surface area contributed by atoms with Gasteiger partial charge < -0.3 is 25.0 Å². The van der Waals surface area contributed by atoms with Crippen molar-refractivity contribution in [3.05, 3.63) is 65.2 Å². The SMILES string of the molecule is O=C(CCCCCC(=O)Nc1ccc([C@@H]2O[C@H](CN3CC[C@H](O)C3)C[C@H](c3ccc(CO)cc3)O2)cc1)NO. The molecule has 2 heterocycles. The molecule has 2 fully saturated rings. The van der Waals surface area contributed by atoms with Gasteiger partial charge in [-0.15, -0.1) is 0 Å². The Kier molecular flexibility index (Phi) is 10.8. The quantitative estimate of drug-likeness (QED) is 0.157. The van der Waals surface area contributed by atoms with E-state index in [-0.39, 0.29) is 37.2 Å². The lowest BCUT2D eigenvalue weighted by molar-refractivity contribution is -0.252. The van der Waals surface area contributed by atoms with Crippen LogP contribution in [0.3, 0.4) is 0 Å². The Labute approximate surface area is 228 Å². The number of nitrogens with one attached hydrogen (secondary N) is 2. The van der Waals surface area contributed by atoms with E-state index in [1.165, 1.54) is 0 Å². The van der Waals surface area contributed by atoms with Crippen LogP contribution in [0.1, 0.15) is 74.0 Å². The molecule has 4 atom stereocenters. The zero-order valence-electron chi connectivity index (χ0n) is 22.1. The molecular weight excluding hydrogens is 502 g/mol. The van der Waals surface area contributed by atoms with E-state index >= 15 is 0 Å². The number of hydrogen-bond acceptors (Lipinski definition) is 8. The number of β-amino-alcohol motifs (C(OH)–C–C–N with tert-alkyl or cyclic N) is 1. The molecule has 0 unspecified atom stereocenters. The summed E-state index contributed by atoms with van der Waals surface area (Å²) in [7, 11) is 0. The van der Waals surface area contributed by atoms with Gasteiger partial charge in [0.2, 0.25) is 11.8 Å². The van der Waals surface area contributed by atoms with Crippen LogP contribution in [0.2, 0.25) is 0 Å². The zero-order chi connectivity index (χ0) is 27.6. The first-order valence-electron chi connectivity index (χ1n) is 13.7. The number of carbonyl (C=O) groups excluding carboxylic acids is 2. The molecule has 0 spiro atoms. The molecule has 4 rings (SSSR count). The maximum atomic E-state index is 12.3. The Hall–Kier alpha value is -2.86. The average Bonchev–Trinajstić information content (AvgIpc) is 3.37. The van der Waals surface area contributed by atoms with Gasteiger partial charge in [-0.05, 0) is 42.5 Å². The normalized spacial score (nSPS) is 23.5. The summed E-state index contributed by atoms with van der Waals surface area (Å²) in [5.74, 6) is -0.517. The minimum absolute atomic E-state index is 0.0102. The molecule has 0 aliphatic carbocycles. The van der Waals surface area contributed by atoms with E-state index in [1.54, 1.807) is 5.48 Å². The van der Waals surface area contributed by atoms with E-state index in [2.05, 4.69) is 10.2 Å². The van der Waals surface area contributed by atoms with Gasteiger partial charge in [0.25, 0.3) is 0 Å². The Bertz CT molecular complexity index is 1060. The van der Waals surface area contributed by atoms with Gasteiger partial charge in [-0.2, -0.15) is 0 Å². The molecule has 212 valence electrons. The number of anilines is 1. The van der Waals surface area contributed by atoms with Crippen molar-refractivity contribution in [2.24, 2.45) is 0 Å². The number of benzene rings is 2. The third-order valence-corrected chi connectivity index (χ3v) is 7.22. The molecule has 2 amide bonds. The number of nitrogens with zero attached hydrogens (tertiary/aromatic N) is 1. The first-order chi connectivity index (χ1) is 18.9. The van der Waals surface area contributed by atoms with Crippen LogP contribution in [0.25, 0.3) is 0 Å². The standard InChI is InChI=1S/C29H39N3O7/c33-19-20-6-8-21(9-7-20)26-16-25(18-32-15-14-24(34)17-32)38-29(39-26)22-10-12-23(13-11-22)30-27(35)4-2-1-3-5-28(36)31-37/h6-13,24-26,29,33-34,37H,1-5,14-19H2,(H,30,35)(H,31,36)/t24-,25-,26+,29+/m0/s1. The Morgan fingerprint density at radius 3 is 2.26 bits per heavy atom. The van der Waals surface area contributed by atoms with Crippen molar-refractivity contribution in [1.82, 2.24) is 10.4 Å². The summed E-state index contributed by atoms with van der Waals surface area (Å²) in [5, 5.41) is 30.8. The van der Waals surface area contributed by atoms with Crippen molar-refractivity contribution < 1.29 is 34.5 Å². The summed E-state index contributed by atoms with van der Waals surface area (Å²) in [6.45, 7) is 2.19. The third kappa shape index (κ3) is 8.82. The first-order valence-corrected chi connectivity index (χ1v) is 13.7. The van der Waals surface area contributed by atoms with Gasteiger partial charge in [-0.25, -0.2) is 5.48 Å². The Balaban J connectivity index is 1.35. The molecular formula is C29H39N3O7. The lowest BCUT2D eigenvalue weighted by Crippen LogP contribution is -2.38. The summed E-state index contributed by atoms with van der Waals surface area (Å²) in [6, 6.07) is 15.2. The fraction of sp³-hybridized carbons (Fsp3) is 0.517. The van der Waals surface area contributed by atoms with Crippen molar-refractivity contribution in [3.63, 3.8) is 0 Å². The number of ether oxygens (including phenoxy) is 2. The number of likely N-dealkylation sites (tertiary alicyclic amines) is 1. The van der Waals surface area contributed by atoms with Crippen molar-refractivity contribution in [1.29, 1.82) is 0 Å². The fourth-order valence-electron chi connectivity index (χ4n) is 5.05. The number of rotatable bonds is 12. The maximum absolute atomic E-state index is 12.3. The van der Waals surface area contributed by atoms with Crippen molar-refractivity contribution >= 4 is 17.5 Å². The molecule has 0 aromatic heterocycles. The van der Waals surface area contributed by atoms with Crippen LogP contribution in [0.5, 0.6) is 0 Å². The van der Waals surface area contributed by atoms with Gasteiger partial charge >= 0.3 is 0 Å². The predicted molar refractivity (Wildman–Crippen MR) is 144 cm³/mol. The molecule has 39 heavy (non-hydrogen) atoms. The lowest BCUT2D eigenvalue weighted by atomic mass is 9.99. The smallest absolute Gasteiger partial charge is 0.243 e. The van der Waals surface area contributed by atoms with Crippen LogP contribution >= 0.6 is 0 Å². The van der Waals surface area contributed by atoms with Crippen LogP contribution in [-0.4, -0.2) is 64.0 Å². The average molecular weight is 542 g/mol. The second-order valence-corrected chi connectivity index (χ2v) is 10.3. The molecule has 2 aliphatic rings. The van der Waals surface area contributed by atoms with Gasteiger partial charge in [0.05, 0.1) is 24.9 Å². The lowest BCUT2D eigenvalue weighted by Gasteiger charge is -2.37. The largest absolute Gasteiger partial charge is 0.392 e. The predicted octanol–water partition coefficient (Wildman–Crippen LogP) is 3.19. The number of amides is 2. The molecule has 0 radical (unpaired) electrons. The molecule has 2 aromatic rings. The maximum Gasteiger partial charge on any atom is 0.243 e. The van der Waals surface area contributed by atoms with Crippen LogP contribution < -0.4 is 10.8 Å². The number of unbranched alkanes of at least 4 members (excludes halogenated alkanes) is 2. The molecule has 2 aromatic carbocycles. The van der Waals surface area contributed by atoms with E-state index < -0.39 is 12.2 Å². The second kappa shape index (κ2) is 14.5. The summed E-state index contributed by atoms with van der Waals surface area (Å²) < 4.78 is 12.8. The molecule has 0 bridgehead atoms. The van der Waals surface area contributed by atoms with E-state index in [9.17, 15) is 19.8 Å². The molecule has 2 saturated heterocycles. The highest BCUT2D eigenvalue weighted by Gasteiger charge is 2.34. The Morgan fingerprint density at radius 1 is 0.923 bits per heavy atom. The van der Waals surface area contributed by atoms with E-state index in [0.717, 1.165) is 36.1 Å². The van der Waals surface area contributed by atoms with E-state index in [0.29, 0.717) is 44.5 Å². The van der Waals surface area contributed by atoms with Gasteiger partial charge in [0.1, 0.15) is 0 Å². The van der Waals surface area contributed by atoms with E-state index in [4.69, 9.17) is 14.7 Å². The van der Waals surface area contributed by atoms with Gasteiger partial charge in [0, 0.05) is 50.1 Å². The van der Waals surface area contributed by atoms with Crippen molar-refractivity contribution in [3.8, 4) is 0 Å². The summed E-state index contributed by atoms with van der Waals surface area (Å²) in [4.78, 5) is 25.6. The van der Waals surface area contributed by atoms with Crippen LogP contribution in [-0.2, 0) is 25.7 Å². The molecule has 10 heteroatoms. The summed E-state index contributed by atoms with van der Waals surface area (Å²) in [5.41, 5.74) is 4.99. The van der Waals surface area contributed by atoms with Crippen molar-refractivity contribution in [2.45, 2.75) is 76.2 Å². The molecule has 5 N–H and O–H groups in total. The number of hydrogen-bond donors (Lipinski definition) is 5. The van der Waals surface area contributed by atoms with E-state index in [1.807, 2.05) is 48.5 Å². The number of carbonyl (C=O) groups is 2. The highest BCUT2D eigenvalue weighted by molar-refractivity contribution is 5.90.